The van der Waals surface area contributed by atoms with Crippen molar-refractivity contribution in [3.05, 3.63) is 64.6 Å². The number of aromatic nitrogens is 1. The summed E-state index contributed by atoms with van der Waals surface area (Å²) in [4.78, 5) is 4.63. The smallest absolute Gasteiger partial charge is 0.131 e. The van der Waals surface area contributed by atoms with Gasteiger partial charge in [0.05, 0.1) is 5.52 Å². The van der Waals surface area contributed by atoms with Crippen LogP contribution in [0.15, 0.2) is 59.1 Å². The van der Waals surface area contributed by atoms with E-state index in [0.29, 0.717) is 0 Å². The van der Waals surface area contributed by atoms with Crippen molar-refractivity contribution in [2.75, 3.05) is 5.32 Å². The first kappa shape index (κ1) is 14.8. The number of fused-ring (bicyclic) bond motifs is 1. The topological polar surface area (TPSA) is 24.9 Å². The summed E-state index contributed by atoms with van der Waals surface area (Å²) in [5.74, 6) is 0.874. The van der Waals surface area contributed by atoms with Crippen molar-refractivity contribution < 1.29 is 0 Å². The summed E-state index contributed by atoms with van der Waals surface area (Å²) in [6.45, 7) is 2.11. The minimum absolute atomic E-state index is 0. The third-order valence-corrected chi connectivity index (χ3v) is 3.57. The number of nitrogens with one attached hydrogen (secondary N) is 1. The van der Waals surface area contributed by atoms with Gasteiger partial charge in [0.25, 0.3) is 0 Å². The molecule has 0 saturated heterocycles. The summed E-state index contributed by atoms with van der Waals surface area (Å²) < 4.78 is 1.07. The molecular formula is C16H14BrClN2. The molecule has 1 aromatic heterocycles. The van der Waals surface area contributed by atoms with Crippen LogP contribution in [0.5, 0.6) is 0 Å². The second-order valence-corrected chi connectivity index (χ2v) is 5.39. The number of anilines is 2. The number of benzene rings is 2. The predicted molar refractivity (Wildman–Crippen MR) is 91.2 cm³/mol. The fourth-order valence-electron chi connectivity index (χ4n) is 2.09. The normalized spacial score (nSPS) is 10.1. The molecule has 0 aliphatic heterocycles. The second-order valence-electron chi connectivity index (χ2n) is 4.47. The summed E-state index contributed by atoms with van der Waals surface area (Å²) in [6, 6.07) is 18.3. The SMILES string of the molecule is Cc1cc(Nc2ccc(Br)cc2)nc2ccccc12.Cl. The van der Waals surface area contributed by atoms with Crippen molar-refractivity contribution in [1.29, 1.82) is 0 Å². The molecule has 0 spiro atoms. The van der Waals surface area contributed by atoms with Gasteiger partial charge in [-0.3, -0.25) is 0 Å². The van der Waals surface area contributed by atoms with Crippen LogP contribution in [-0.2, 0) is 0 Å². The fraction of sp³-hybridized carbons (Fsp3) is 0.0625. The van der Waals surface area contributed by atoms with Crippen LogP contribution >= 0.6 is 28.3 Å². The Labute approximate surface area is 132 Å². The highest BCUT2D eigenvalue weighted by Gasteiger charge is 2.02. The van der Waals surface area contributed by atoms with E-state index in [1.54, 1.807) is 0 Å². The standard InChI is InChI=1S/C16H13BrN2.ClH/c1-11-10-16(18-13-8-6-12(17)7-9-13)19-15-5-3-2-4-14(11)15;/h2-10H,1H3,(H,18,19);1H. The Hall–Kier alpha value is -1.58. The highest BCUT2D eigenvalue weighted by Crippen LogP contribution is 2.23. The Kier molecular flexibility index (Phi) is 4.63. The first-order valence-electron chi connectivity index (χ1n) is 6.11. The van der Waals surface area contributed by atoms with Crippen molar-refractivity contribution >= 4 is 50.7 Å². The van der Waals surface area contributed by atoms with Gasteiger partial charge in [0, 0.05) is 15.5 Å². The van der Waals surface area contributed by atoms with E-state index < -0.39 is 0 Å². The molecule has 1 N–H and O–H groups in total. The summed E-state index contributed by atoms with van der Waals surface area (Å²) in [6.07, 6.45) is 0. The van der Waals surface area contributed by atoms with Gasteiger partial charge < -0.3 is 5.32 Å². The van der Waals surface area contributed by atoms with E-state index in [2.05, 4.69) is 45.3 Å². The molecule has 1 heterocycles. The second kappa shape index (κ2) is 6.25. The number of halogens is 2. The van der Waals surface area contributed by atoms with Crippen LogP contribution < -0.4 is 5.32 Å². The van der Waals surface area contributed by atoms with Gasteiger partial charge in [0.2, 0.25) is 0 Å². The summed E-state index contributed by atoms with van der Waals surface area (Å²) in [5, 5.41) is 4.53. The zero-order valence-corrected chi connectivity index (χ0v) is 13.3. The fourth-order valence-corrected chi connectivity index (χ4v) is 2.36. The molecule has 3 rings (SSSR count). The molecule has 0 aliphatic rings. The minimum Gasteiger partial charge on any atom is -0.340 e. The maximum atomic E-state index is 4.63. The first-order chi connectivity index (χ1) is 9.22. The van der Waals surface area contributed by atoms with Gasteiger partial charge in [0.1, 0.15) is 5.82 Å². The number of pyridine rings is 1. The van der Waals surface area contributed by atoms with Crippen molar-refractivity contribution in [3.8, 4) is 0 Å². The van der Waals surface area contributed by atoms with Crippen molar-refractivity contribution in [2.45, 2.75) is 6.92 Å². The van der Waals surface area contributed by atoms with E-state index in [0.717, 1.165) is 21.5 Å². The molecule has 0 amide bonds. The lowest BCUT2D eigenvalue weighted by Crippen LogP contribution is -1.95. The number of aryl methyl sites for hydroxylation is 1. The Bertz CT molecular complexity index is 726. The van der Waals surface area contributed by atoms with Crippen LogP contribution in [0, 0.1) is 6.92 Å². The summed E-state index contributed by atoms with van der Waals surface area (Å²) in [5.41, 5.74) is 3.28. The average Bonchev–Trinajstić information content (AvgIpc) is 2.42. The van der Waals surface area contributed by atoms with Gasteiger partial charge in [-0.1, -0.05) is 34.1 Å². The first-order valence-corrected chi connectivity index (χ1v) is 6.91. The zero-order chi connectivity index (χ0) is 13.2. The molecule has 0 bridgehead atoms. The van der Waals surface area contributed by atoms with Crippen LogP contribution in [0.2, 0.25) is 0 Å². The van der Waals surface area contributed by atoms with E-state index in [9.17, 15) is 0 Å². The van der Waals surface area contributed by atoms with E-state index in [1.807, 2.05) is 42.5 Å². The minimum atomic E-state index is 0. The maximum absolute atomic E-state index is 4.63. The number of para-hydroxylation sites is 1. The van der Waals surface area contributed by atoms with Crippen molar-refractivity contribution in [3.63, 3.8) is 0 Å². The Balaban J connectivity index is 0.00000147. The molecule has 0 fully saturated rings. The van der Waals surface area contributed by atoms with Gasteiger partial charge in [-0.15, -0.1) is 12.4 Å². The molecule has 3 aromatic rings. The molecule has 0 aliphatic carbocycles. The van der Waals surface area contributed by atoms with E-state index in [-0.39, 0.29) is 12.4 Å². The highest BCUT2D eigenvalue weighted by molar-refractivity contribution is 9.10. The van der Waals surface area contributed by atoms with Gasteiger partial charge in [-0.05, 0) is 48.9 Å². The van der Waals surface area contributed by atoms with Gasteiger partial charge in [-0.25, -0.2) is 4.98 Å². The Morgan fingerprint density at radius 2 is 1.70 bits per heavy atom. The largest absolute Gasteiger partial charge is 0.340 e. The van der Waals surface area contributed by atoms with E-state index >= 15 is 0 Å². The van der Waals surface area contributed by atoms with Crippen molar-refractivity contribution in [1.82, 2.24) is 4.98 Å². The molecule has 2 nitrogen and oxygen atoms in total. The molecular weight excluding hydrogens is 336 g/mol. The molecule has 0 radical (unpaired) electrons. The number of rotatable bonds is 2. The Morgan fingerprint density at radius 1 is 1.00 bits per heavy atom. The lowest BCUT2D eigenvalue weighted by Gasteiger charge is -2.09. The number of hydrogen-bond donors (Lipinski definition) is 1. The quantitative estimate of drug-likeness (QED) is 0.663. The van der Waals surface area contributed by atoms with Crippen LogP contribution in [0.1, 0.15) is 5.56 Å². The Morgan fingerprint density at radius 3 is 2.45 bits per heavy atom. The zero-order valence-electron chi connectivity index (χ0n) is 10.9. The molecule has 102 valence electrons. The van der Waals surface area contributed by atoms with Crippen LogP contribution in [-0.4, -0.2) is 4.98 Å². The monoisotopic (exact) mass is 348 g/mol. The van der Waals surface area contributed by atoms with E-state index in [1.165, 1.54) is 10.9 Å². The molecule has 0 saturated carbocycles. The third kappa shape index (κ3) is 3.11. The van der Waals surface area contributed by atoms with Crippen molar-refractivity contribution in [2.24, 2.45) is 0 Å². The predicted octanol–water partition coefficient (Wildman–Crippen LogP) is 5.47. The average molecular weight is 350 g/mol. The summed E-state index contributed by atoms with van der Waals surface area (Å²) >= 11 is 3.43. The lowest BCUT2D eigenvalue weighted by molar-refractivity contribution is 1.34. The van der Waals surface area contributed by atoms with Gasteiger partial charge in [-0.2, -0.15) is 0 Å². The van der Waals surface area contributed by atoms with Crippen LogP contribution in [0.4, 0.5) is 11.5 Å². The number of hydrogen-bond acceptors (Lipinski definition) is 2. The van der Waals surface area contributed by atoms with Gasteiger partial charge >= 0.3 is 0 Å². The molecule has 20 heavy (non-hydrogen) atoms. The molecule has 4 heteroatoms. The molecule has 0 unspecified atom stereocenters. The van der Waals surface area contributed by atoms with Crippen LogP contribution in [0.3, 0.4) is 0 Å². The summed E-state index contributed by atoms with van der Waals surface area (Å²) in [7, 11) is 0. The van der Waals surface area contributed by atoms with Crippen LogP contribution in [0.25, 0.3) is 10.9 Å². The number of nitrogens with zero attached hydrogens (tertiary/aromatic N) is 1. The third-order valence-electron chi connectivity index (χ3n) is 3.04. The molecule has 2 aromatic carbocycles. The lowest BCUT2D eigenvalue weighted by atomic mass is 10.1. The molecule has 0 atom stereocenters. The van der Waals surface area contributed by atoms with Gasteiger partial charge in [0.15, 0.2) is 0 Å². The highest BCUT2D eigenvalue weighted by atomic mass is 79.9. The maximum Gasteiger partial charge on any atom is 0.131 e. The van der Waals surface area contributed by atoms with E-state index in [4.69, 9.17) is 0 Å².